The molecule has 5 heteroatoms. The Balaban J connectivity index is 1.77. The first kappa shape index (κ1) is 16.2. The Morgan fingerprint density at radius 1 is 1.35 bits per heavy atom. The van der Waals surface area contributed by atoms with E-state index in [9.17, 15) is 9.18 Å². The summed E-state index contributed by atoms with van der Waals surface area (Å²) in [6.07, 6.45) is 1.86. The van der Waals surface area contributed by atoms with Gasteiger partial charge in [-0.25, -0.2) is 4.39 Å². The Kier molecular flexibility index (Phi) is 4.32. The molecule has 0 N–H and O–H groups in total. The van der Waals surface area contributed by atoms with E-state index in [1.807, 2.05) is 24.8 Å². The van der Waals surface area contributed by atoms with E-state index >= 15 is 0 Å². The van der Waals surface area contributed by atoms with E-state index in [2.05, 4.69) is 4.90 Å². The Morgan fingerprint density at radius 2 is 2.04 bits per heavy atom. The van der Waals surface area contributed by atoms with Gasteiger partial charge in [-0.15, -0.1) is 0 Å². The molecule has 1 aromatic carbocycles. The number of piperidine rings is 1. The van der Waals surface area contributed by atoms with Gasteiger partial charge in [-0.1, -0.05) is 19.9 Å². The molecule has 1 unspecified atom stereocenters. The van der Waals surface area contributed by atoms with Crippen LogP contribution < -0.4 is 4.90 Å². The van der Waals surface area contributed by atoms with Gasteiger partial charge >= 0.3 is 0 Å². The van der Waals surface area contributed by atoms with E-state index in [0.717, 1.165) is 38.2 Å². The monoisotopic (exact) mass is 320 g/mol. The van der Waals surface area contributed by atoms with Gasteiger partial charge in [0, 0.05) is 38.3 Å². The molecule has 2 heterocycles. The second-order valence-corrected chi connectivity index (χ2v) is 6.90. The lowest BCUT2D eigenvalue weighted by Crippen LogP contribution is -2.74. The van der Waals surface area contributed by atoms with Crippen LogP contribution in [0, 0.1) is 11.7 Å². The van der Waals surface area contributed by atoms with E-state index in [1.165, 1.54) is 6.07 Å². The second-order valence-electron chi connectivity index (χ2n) is 6.90. The summed E-state index contributed by atoms with van der Waals surface area (Å²) in [5.74, 6) is 0.0272. The van der Waals surface area contributed by atoms with Crippen LogP contribution in [0.1, 0.15) is 26.7 Å². The van der Waals surface area contributed by atoms with Crippen molar-refractivity contribution >= 4 is 11.6 Å². The van der Waals surface area contributed by atoms with Crippen LogP contribution in [0.4, 0.5) is 10.1 Å². The van der Waals surface area contributed by atoms with Crippen LogP contribution in [-0.4, -0.2) is 49.2 Å². The average molecular weight is 320 g/mol. The Bertz CT molecular complexity index is 582. The second kappa shape index (κ2) is 6.11. The van der Waals surface area contributed by atoms with Gasteiger partial charge in [0.15, 0.2) is 0 Å². The van der Waals surface area contributed by atoms with Gasteiger partial charge in [-0.3, -0.25) is 4.79 Å². The maximum atomic E-state index is 13.6. The lowest BCUT2D eigenvalue weighted by molar-refractivity contribution is -0.138. The maximum absolute atomic E-state index is 13.6. The van der Waals surface area contributed by atoms with Gasteiger partial charge in [0.2, 0.25) is 5.91 Å². The van der Waals surface area contributed by atoms with Crippen molar-refractivity contribution in [3.8, 4) is 0 Å². The number of methoxy groups -OCH3 is 1. The first-order valence-electron chi connectivity index (χ1n) is 8.33. The number of benzene rings is 1. The topological polar surface area (TPSA) is 32.8 Å². The van der Waals surface area contributed by atoms with Crippen molar-refractivity contribution in [2.75, 3.05) is 31.6 Å². The number of carbonyl (C=O) groups excluding carboxylic acids is 1. The third-order valence-electron chi connectivity index (χ3n) is 5.32. The van der Waals surface area contributed by atoms with Crippen LogP contribution in [0.2, 0.25) is 0 Å². The van der Waals surface area contributed by atoms with E-state index < -0.39 is 0 Å². The molecule has 0 aromatic heterocycles. The first-order chi connectivity index (χ1) is 11.0. The zero-order valence-electron chi connectivity index (χ0n) is 14.1. The van der Waals surface area contributed by atoms with Crippen LogP contribution in [0.3, 0.4) is 0 Å². The van der Waals surface area contributed by atoms with E-state index in [-0.39, 0.29) is 29.3 Å². The summed E-state index contributed by atoms with van der Waals surface area (Å²) in [7, 11) is 1.74. The molecule has 0 aliphatic carbocycles. The van der Waals surface area contributed by atoms with E-state index in [1.54, 1.807) is 19.2 Å². The van der Waals surface area contributed by atoms with Gasteiger partial charge in [-0.05, 0) is 31.0 Å². The zero-order chi connectivity index (χ0) is 16.6. The fraction of sp³-hybridized carbons (Fsp3) is 0.611. The van der Waals surface area contributed by atoms with Crippen LogP contribution in [0.25, 0.3) is 0 Å². The number of amides is 1. The summed E-state index contributed by atoms with van der Waals surface area (Å²) in [6.45, 7) is 6.13. The smallest absolute Gasteiger partial charge is 0.225 e. The molecule has 1 aromatic rings. The van der Waals surface area contributed by atoms with Crippen molar-refractivity contribution in [1.82, 2.24) is 4.90 Å². The summed E-state index contributed by atoms with van der Waals surface area (Å²) < 4.78 is 19.2. The predicted molar refractivity (Wildman–Crippen MR) is 87.9 cm³/mol. The van der Waals surface area contributed by atoms with Crippen molar-refractivity contribution in [2.45, 2.75) is 38.3 Å². The van der Waals surface area contributed by atoms with Gasteiger partial charge in [0.1, 0.15) is 5.82 Å². The SMILES string of the molecule is COC1CN(c2cccc(F)c2)C12CCN(C(=O)C(C)C)CC2. The quantitative estimate of drug-likeness (QED) is 0.858. The lowest BCUT2D eigenvalue weighted by Gasteiger charge is -2.61. The molecule has 2 fully saturated rings. The number of anilines is 1. The molecule has 23 heavy (non-hydrogen) atoms. The molecule has 1 spiro atoms. The fourth-order valence-corrected chi connectivity index (χ4v) is 3.95. The number of likely N-dealkylation sites (tertiary alicyclic amines) is 1. The fourth-order valence-electron chi connectivity index (χ4n) is 3.95. The molecular weight excluding hydrogens is 295 g/mol. The van der Waals surface area contributed by atoms with Crippen LogP contribution >= 0.6 is 0 Å². The zero-order valence-corrected chi connectivity index (χ0v) is 14.1. The molecule has 0 saturated carbocycles. The molecule has 3 rings (SSSR count). The predicted octanol–water partition coefficient (Wildman–Crippen LogP) is 2.68. The number of carbonyl (C=O) groups is 1. The van der Waals surface area contributed by atoms with E-state index in [0.29, 0.717) is 0 Å². The standard InChI is InChI=1S/C18H25FN2O2/c1-13(2)17(22)20-9-7-18(8-10-20)16(23-3)12-21(18)15-6-4-5-14(19)11-15/h4-6,11,13,16H,7-10,12H2,1-3H3. The third kappa shape index (κ3) is 2.71. The molecule has 126 valence electrons. The van der Waals surface area contributed by atoms with Gasteiger partial charge in [0.25, 0.3) is 0 Å². The summed E-state index contributed by atoms with van der Waals surface area (Å²) in [6, 6.07) is 6.74. The van der Waals surface area contributed by atoms with Gasteiger partial charge in [0.05, 0.1) is 11.6 Å². The highest BCUT2D eigenvalue weighted by Crippen LogP contribution is 2.44. The van der Waals surface area contributed by atoms with Crippen LogP contribution in [0.15, 0.2) is 24.3 Å². The minimum atomic E-state index is -0.217. The average Bonchev–Trinajstić information content (AvgIpc) is 2.53. The molecule has 2 aliphatic heterocycles. The maximum Gasteiger partial charge on any atom is 0.225 e. The first-order valence-corrected chi connectivity index (χ1v) is 8.33. The highest BCUT2D eigenvalue weighted by atomic mass is 19.1. The highest BCUT2D eigenvalue weighted by Gasteiger charge is 2.55. The molecular formula is C18H25FN2O2. The summed E-state index contributed by atoms with van der Waals surface area (Å²) >= 11 is 0. The van der Waals surface area contributed by atoms with Crippen molar-refractivity contribution in [1.29, 1.82) is 0 Å². The molecule has 0 radical (unpaired) electrons. The number of hydrogen-bond donors (Lipinski definition) is 0. The normalized spacial score (nSPS) is 23.3. The van der Waals surface area contributed by atoms with Gasteiger partial charge < -0.3 is 14.5 Å². The van der Waals surface area contributed by atoms with Gasteiger partial charge in [-0.2, -0.15) is 0 Å². The number of hydrogen-bond acceptors (Lipinski definition) is 3. The lowest BCUT2D eigenvalue weighted by atomic mass is 9.73. The Morgan fingerprint density at radius 3 is 2.61 bits per heavy atom. The molecule has 1 amide bonds. The summed E-state index contributed by atoms with van der Waals surface area (Å²) in [4.78, 5) is 16.4. The number of nitrogens with zero attached hydrogens (tertiary/aromatic N) is 2. The summed E-state index contributed by atoms with van der Waals surface area (Å²) in [5, 5.41) is 0. The van der Waals surface area contributed by atoms with Crippen molar-refractivity contribution in [2.24, 2.45) is 5.92 Å². The minimum absolute atomic E-state index is 0.0305. The van der Waals surface area contributed by atoms with Crippen LogP contribution in [0.5, 0.6) is 0 Å². The molecule has 1 atom stereocenters. The number of rotatable bonds is 3. The highest BCUT2D eigenvalue weighted by molar-refractivity contribution is 5.78. The Hall–Kier alpha value is -1.62. The molecule has 2 saturated heterocycles. The minimum Gasteiger partial charge on any atom is -0.377 e. The Labute approximate surface area is 137 Å². The van der Waals surface area contributed by atoms with Crippen molar-refractivity contribution < 1.29 is 13.9 Å². The van der Waals surface area contributed by atoms with Crippen molar-refractivity contribution in [3.63, 3.8) is 0 Å². The molecule has 4 nitrogen and oxygen atoms in total. The largest absolute Gasteiger partial charge is 0.377 e. The van der Waals surface area contributed by atoms with Crippen LogP contribution in [-0.2, 0) is 9.53 Å². The van der Waals surface area contributed by atoms with Crippen molar-refractivity contribution in [3.05, 3.63) is 30.1 Å². The third-order valence-corrected chi connectivity index (χ3v) is 5.32. The molecule has 2 aliphatic rings. The number of halogens is 1. The number of ether oxygens (including phenoxy) is 1. The molecule has 0 bridgehead atoms. The van der Waals surface area contributed by atoms with E-state index in [4.69, 9.17) is 4.74 Å². The summed E-state index contributed by atoms with van der Waals surface area (Å²) in [5.41, 5.74) is 0.790.